The Kier molecular flexibility index (Phi) is 47.8. The average Bonchev–Trinajstić information content (AvgIpc) is 3.30. The third-order valence-corrected chi connectivity index (χ3v) is 12.1. The number of ether oxygens (including phenoxy) is 2. The maximum atomic E-state index is 12.7. The van der Waals surface area contributed by atoms with Gasteiger partial charge < -0.3 is 24.6 Å². The Labute approximate surface area is 397 Å². The molecule has 0 bridgehead atoms. The number of esters is 2. The molecule has 0 saturated heterocycles. The molecule has 0 aromatic carbocycles. The predicted octanol–water partition coefficient (Wildman–Crippen LogP) is 15.0. The van der Waals surface area contributed by atoms with Crippen molar-refractivity contribution in [2.45, 2.75) is 244 Å². The molecule has 0 spiro atoms. The number of hydrogen-bond donors (Lipinski definition) is 3. The van der Waals surface area contributed by atoms with E-state index in [1.54, 1.807) is 0 Å². The van der Waals surface area contributed by atoms with Gasteiger partial charge in [-0.05, 0) is 77.0 Å². The molecule has 0 aliphatic rings. The van der Waals surface area contributed by atoms with Crippen LogP contribution in [0.15, 0.2) is 60.8 Å². The fraction of sp³-hybridized carbons (Fsp3) is 0.778. The van der Waals surface area contributed by atoms with Crippen LogP contribution in [-0.4, -0.2) is 65.7 Å². The van der Waals surface area contributed by atoms with Gasteiger partial charge in [0.1, 0.15) is 12.7 Å². The number of hydrogen-bond acceptors (Lipinski definition) is 9. The quantitative estimate of drug-likeness (QED) is 0.0233. The highest BCUT2D eigenvalue weighted by Gasteiger charge is 2.27. The lowest BCUT2D eigenvalue weighted by molar-refractivity contribution is -0.161. The maximum Gasteiger partial charge on any atom is 0.472 e. The van der Waals surface area contributed by atoms with Crippen molar-refractivity contribution in [3.05, 3.63) is 60.8 Å². The van der Waals surface area contributed by atoms with Crippen LogP contribution in [0, 0.1) is 0 Å². The second-order valence-corrected chi connectivity index (χ2v) is 19.0. The zero-order valence-electron chi connectivity index (χ0n) is 41.4. The Bertz CT molecular complexity index is 1260. The van der Waals surface area contributed by atoms with E-state index in [2.05, 4.69) is 74.6 Å². The number of phosphoric acid groups is 1. The summed E-state index contributed by atoms with van der Waals surface area (Å²) in [5, 5.41) is 18.4. The molecular weight excluding hydrogens is 840 g/mol. The SMILES string of the molecule is CC/C=C\C/C=C\C/C=C\C/C=C\CCCCCCCCCCC(=O)OC(COC(=O)CCCCCCCCCCC/C=C\CCCCCCCCCC)COP(=O)(O)OCC(O)CO. The summed E-state index contributed by atoms with van der Waals surface area (Å²) in [7, 11) is -4.63. The molecule has 3 N–H and O–H groups in total. The van der Waals surface area contributed by atoms with Crippen LogP contribution >= 0.6 is 7.82 Å². The van der Waals surface area contributed by atoms with Crippen LogP contribution in [0.4, 0.5) is 0 Å². The third kappa shape index (κ3) is 49.4. The van der Waals surface area contributed by atoms with Gasteiger partial charge in [-0.2, -0.15) is 0 Å². The van der Waals surface area contributed by atoms with Gasteiger partial charge in [0.15, 0.2) is 6.10 Å². The fourth-order valence-electron chi connectivity index (χ4n) is 7.16. The second-order valence-electron chi connectivity index (χ2n) is 17.5. The van der Waals surface area contributed by atoms with E-state index in [9.17, 15) is 24.2 Å². The van der Waals surface area contributed by atoms with Crippen molar-refractivity contribution in [2.75, 3.05) is 26.4 Å². The number of phosphoric ester groups is 1. The van der Waals surface area contributed by atoms with E-state index in [4.69, 9.17) is 23.6 Å². The molecule has 0 heterocycles. The number of aliphatic hydroxyl groups is 2. The summed E-state index contributed by atoms with van der Waals surface area (Å²) >= 11 is 0. The monoisotopic (exact) mass is 937 g/mol. The van der Waals surface area contributed by atoms with E-state index < -0.39 is 51.8 Å². The van der Waals surface area contributed by atoms with Crippen LogP contribution in [0.1, 0.15) is 232 Å². The van der Waals surface area contributed by atoms with Crippen molar-refractivity contribution in [1.82, 2.24) is 0 Å². The summed E-state index contributed by atoms with van der Waals surface area (Å²) < 4.78 is 32.9. The number of carbonyl (C=O) groups is 2. The minimum absolute atomic E-state index is 0.173. The number of carbonyl (C=O) groups excluding carboxylic acids is 2. The van der Waals surface area contributed by atoms with Gasteiger partial charge >= 0.3 is 19.8 Å². The van der Waals surface area contributed by atoms with E-state index in [0.717, 1.165) is 70.6 Å². The van der Waals surface area contributed by atoms with Gasteiger partial charge in [-0.15, -0.1) is 0 Å². The van der Waals surface area contributed by atoms with Gasteiger partial charge in [0.05, 0.1) is 19.8 Å². The lowest BCUT2D eigenvalue weighted by atomic mass is 10.1. The number of aliphatic hydroxyl groups excluding tert-OH is 2. The summed E-state index contributed by atoms with van der Waals surface area (Å²) in [5.41, 5.74) is 0. The third-order valence-electron chi connectivity index (χ3n) is 11.2. The van der Waals surface area contributed by atoms with E-state index in [0.29, 0.717) is 12.8 Å². The first kappa shape index (κ1) is 62.7. The molecule has 3 unspecified atom stereocenters. The normalized spacial score (nSPS) is 14.1. The lowest BCUT2D eigenvalue weighted by Gasteiger charge is -2.20. The van der Waals surface area contributed by atoms with E-state index in [1.165, 1.54) is 122 Å². The first-order valence-corrected chi connectivity index (χ1v) is 27.7. The van der Waals surface area contributed by atoms with Crippen molar-refractivity contribution in [2.24, 2.45) is 0 Å². The molecule has 378 valence electrons. The second kappa shape index (κ2) is 49.6. The standard InChI is InChI=1S/C54H97O10P/c1-3-5-7-9-11-13-15-17-19-21-23-25-27-29-31-33-35-37-39-41-43-45-53(57)61-49-52(50-63-65(59,60)62-48-51(56)47-55)64-54(58)46-44-42-40-38-36-34-32-30-28-26-24-22-20-18-16-14-12-10-8-6-4-2/h6,8,12,14,18,20-21,23-24,26,51-52,55-56H,3-5,7,9-11,13,15-17,19,22,25,27-50H2,1-2H3,(H,59,60)/b8-6-,14-12-,20-18-,23-21-,26-24-. The topological polar surface area (TPSA) is 149 Å². The van der Waals surface area contributed by atoms with Crippen molar-refractivity contribution in [3.8, 4) is 0 Å². The molecule has 65 heavy (non-hydrogen) atoms. The Balaban J connectivity index is 4.18. The van der Waals surface area contributed by atoms with Gasteiger partial charge in [0.2, 0.25) is 0 Å². The summed E-state index contributed by atoms with van der Waals surface area (Å²) in [6, 6.07) is 0. The van der Waals surface area contributed by atoms with Crippen molar-refractivity contribution in [1.29, 1.82) is 0 Å². The Morgan fingerprint density at radius 3 is 1.29 bits per heavy atom. The molecule has 10 nitrogen and oxygen atoms in total. The molecular formula is C54H97O10P. The van der Waals surface area contributed by atoms with Gasteiger partial charge in [0.25, 0.3) is 0 Å². The molecule has 0 aliphatic heterocycles. The van der Waals surface area contributed by atoms with E-state index in [-0.39, 0.29) is 19.4 Å². The summed E-state index contributed by atoms with van der Waals surface area (Å²) in [5.74, 6) is -0.932. The lowest BCUT2D eigenvalue weighted by Crippen LogP contribution is -2.29. The molecule has 0 rings (SSSR count). The number of allylic oxidation sites excluding steroid dienone is 10. The van der Waals surface area contributed by atoms with Crippen LogP contribution in [0.5, 0.6) is 0 Å². The molecule has 0 saturated carbocycles. The number of rotatable bonds is 49. The highest BCUT2D eigenvalue weighted by atomic mass is 31.2. The van der Waals surface area contributed by atoms with Crippen LogP contribution < -0.4 is 0 Å². The predicted molar refractivity (Wildman–Crippen MR) is 270 cm³/mol. The maximum absolute atomic E-state index is 12.7. The summed E-state index contributed by atoms with van der Waals surface area (Å²) in [4.78, 5) is 35.2. The molecule has 3 atom stereocenters. The Morgan fingerprint density at radius 1 is 0.477 bits per heavy atom. The minimum Gasteiger partial charge on any atom is -0.462 e. The highest BCUT2D eigenvalue weighted by Crippen LogP contribution is 2.43. The van der Waals surface area contributed by atoms with Crippen LogP contribution in [0.25, 0.3) is 0 Å². The van der Waals surface area contributed by atoms with Crippen LogP contribution in [0.2, 0.25) is 0 Å². The largest absolute Gasteiger partial charge is 0.472 e. The van der Waals surface area contributed by atoms with Crippen molar-refractivity contribution >= 4 is 19.8 Å². The van der Waals surface area contributed by atoms with Gasteiger partial charge in [-0.25, -0.2) is 4.57 Å². The number of unbranched alkanes of at least 4 members (excludes halogenated alkanes) is 25. The molecule has 0 amide bonds. The fourth-order valence-corrected chi connectivity index (χ4v) is 7.95. The summed E-state index contributed by atoms with van der Waals surface area (Å²) in [6.07, 6.45) is 57.6. The van der Waals surface area contributed by atoms with Crippen molar-refractivity contribution < 1.29 is 47.8 Å². The first-order valence-electron chi connectivity index (χ1n) is 26.2. The molecule has 11 heteroatoms. The smallest absolute Gasteiger partial charge is 0.462 e. The first-order chi connectivity index (χ1) is 31.7. The van der Waals surface area contributed by atoms with E-state index in [1.807, 2.05) is 0 Å². The van der Waals surface area contributed by atoms with Gasteiger partial charge in [-0.3, -0.25) is 18.6 Å². The molecule has 0 radical (unpaired) electrons. The van der Waals surface area contributed by atoms with Crippen LogP contribution in [-0.2, 0) is 32.7 Å². The molecule has 0 fully saturated rings. The molecule has 0 aromatic rings. The summed E-state index contributed by atoms with van der Waals surface area (Å²) in [6.45, 7) is 2.29. The molecule has 0 aliphatic carbocycles. The van der Waals surface area contributed by atoms with Gasteiger partial charge in [0, 0.05) is 12.8 Å². The zero-order chi connectivity index (χ0) is 47.6. The van der Waals surface area contributed by atoms with Crippen LogP contribution in [0.3, 0.4) is 0 Å². The Morgan fingerprint density at radius 2 is 0.846 bits per heavy atom. The zero-order valence-corrected chi connectivity index (χ0v) is 42.3. The van der Waals surface area contributed by atoms with E-state index >= 15 is 0 Å². The van der Waals surface area contributed by atoms with Gasteiger partial charge in [-0.1, -0.05) is 203 Å². The average molecular weight is 937 g/mol. The highest BCUT2D eigenvalue weighted by molar-refractivity contribution is 7.47. The molecule has 0 aromatic heterocycles. The minimum atomic E-state index is -4.63. The van der Waals surface area contributed by atoms with Crippen molar-refractivity contribution in [3.63, 3.8) is 0 Å². The Hall–Kier alpha value is -2.33.